The minimum absolute atomic E-state index is 0.0618. The Hall–Kier alpha value is -2.25. The number of aliphatic carboxylic acids is 1. The quantitative estimate of drug-likeness (QED) is 0.848. The summed E-state index contributed by atoms with van der Waals surface area (Å²) in [6, 6.07) is 11.5. The lowest BCUT2D eigenvalue weighted by Gasteiger charge is -2.10. The molecule has 25 heavy (non-hydrogen) atoms. The minimum Gasteiger partial charge on any atom is -0.481 e. The van der Waals surface area contributed by atoms with Crippen LogP contribution in [-0.2, 0) is 14.6 Å². The molecule has 0 unspecified atom stereocenters. The lowest BCUT2D eigenvalue weighted by molar-refractivity contribution is -0.143. The van der Waals surface area contributed by atoms with Gasteiger partial charge in [0.05, 0.1) is 10.1 Å². The second-order valence-corrected chi connectivity index (χ2v) is 8.43. The SMILES string of the molecule is Cc1ccc(S(=O)(=O)[C@H]2[C@H](c3ccc(F)cc3)[C@@]2(CN)C(=O)O)cc1. The molecule has 1 aliphatic carbocycles. The van der Waals surface area contributed by atoms with E-state index in [0.717, 1.165) is 5.56 Å². The fraction of sp³-hybridized carbons (Fsp3) is 0.278. The smallest absolute Gasteiger partial charge is 0.312 e. The first-order chi connectivity index (χ1) is 11.7. The number of sulfone groups is 1. The van der Waals surface area contributed by atoms with Gasteiger partial charge in [0, 0.05) is 12.5 Å². The van der Waals surface area contributed by atoms with Crippen LogP contribution in [0, 0.1) is 18.2 Å². The number of aryl methyl sites for hydroxylation is 1. The molecule has 5 nitrogen and oxygen atoms in total. The molecule has 0 aromatic heterocycles. The lowest BCUT2D eigenvalue weighted by Crippen LogP contribution is -2.31. The van der Waals surface area contributed by atoms with Crippen LogP contribution in [0.25, 0.3) is 0 Å². The highest BCUT2D eigenvalue weighted by atomic mass is 32.2. The van der Waals surface area contributed by atoms with Crippen LogP contribution >= 0.6 is 0 Å². The maximum atomic E-state index is 13.2. The third-order valence-corrected chi connectivity index (χ3v) is 7.20. The van der Waals surface area contributed by atoms with Crippen molar-refractivity contribution in [3.05, 3.63) is 65.5 Å². The summed E-state index contributed by atoms with van der Waals surface area (Å²) in [5.74, 6) is -2.55. The average Bonchev–Trinajstić information content (AvgIpc) is 3.27. The average molecular weight is 363 g/mol. The zero-order chi connectivity index (χ0) is 18.4. The van der Waals surface area contributed by atoms with E-state index in [4.69, 9.17) is 5.73 Å². The fourth-order valence-electron chi connectivity index (χ4n) is 3.46. The first kappa shape index (κ1) is 17.6. The van der Waals surface area contributed by atoms with Gasteiger partial charge in [-0.2, -0.15) is 0 Å². The number of hydrogen-bond donors (Lipinski definition) is 2. The van der Waals surface area contributed by atoms with Crippen LogP contribution in [0.4, 0.5) is 4.39 Å². The van der Waals surface area contributed by atoms with Crippen LogP contribution in [0.15, 0.2) is 53.4 Å². The standard InChI is InChI=1S/C18H18FNO4S/c1-11-2-8-14(9-3-11)25(23,24)16-15(18(16,10-20)17(21)22)12-4-6-13(19)7-5-12/h2-9,15-16H,10,20H2,1H3,(H,21,22)/t15-,16-,18+/m0/s1. The van der Waals surface area contributed by atoms with Gasteiger partial charge >= 0.3 is 5.97 Å². The van der Waals surface area contributed by atoms with Gasteiger partial charge in [-0.15, -0.1) is 0 Å². The second-order valence-electron chi connectivity index (χ2n) is 6.36. The summed E-state index contributed by atoms with van der Waals surface area (Å²) < 4.78 is 39.3. The van der Waals surface area contributed by atoms with E-state index in [2.05, 4.69) is 0 Å². The summed E-state index contributed by atoms with van der Waals surface area (Å²) in [7, 11) is -3.91. The van der Waals surface area contributed by atoms with Crippen molar-refractivity contribution >= 4 is 15.8 Å². The van der Waals surface area contributed by atoms with Crippen molar-refractivity contribution in [2.24, 2.45) is 11.1 Å². The number of rotatable bonds is 5. The number of halogens is 1. The van der Waals surface area contributed by atoms with Crippen LogP contribution in [-0.4, -0.2) is 31.3 Å². The van der Waals surface area contributed by atoms with Crippen LogP contribution in [0.1, 0.15) is 17.0 Å². The van der Waals surface area contributed by atoms with E-state index < -0.39 is 38.2 Å². The zero-order valence-electron chi connectivity index (χ0n) is 13.5. The molecule has 3 rings (SSSR count). The van der Waals surface area contributed by atoms with Crippen molar-refractivity contribution in [2.75, 3.05) is 6.54 Å². The summed E-state index contributed by atoms with van der Waals surface area (Å²) in [4.78, 5) is 12.0. The highest BCUT2D eigenvalue weighted by Crippen LogP contribution is 2.63. The minimum atomic E-state index is -3.91. The summed E-state index contributed by atoms with van der Waals surface area (Å²) in [6.45, 7) is 1.51. The summed E-state index contributed by atoms with van der Waals surface area (Å²) in [5.41, 5.74) is 5.44. The monoisotopic (exact) mass is 363 g/mol. The Bertz CT molecular complexity index is 909. The van der Waals surface area contributed by atoms with Crippen molar-refractivity contribution in [2.45, 2.75) is 23.0 Å². The number of benzene rings is 2. The van der Waals surface area contributed by atoms with E-state index in [1.165, 1.54) is 36.4 Å². The van der Waals surface area contributed by atoms with Crippen LogP contribution in [0.2, 0.25) is 0 Å². The van der Waals surface area contributed by atoms with Gasteiger partial charge in [-0.3, -0.25) is 4.79 Å². The van der Waals surface area contributed by atoms with E-state index in [1.54, 1.807) is 12.1 Å². The first-order valence-corrected chi connectivity index (χ1v) is 9.29. The molecule has 0 amide bonds. The molecule has 1 aliphatic rings. The normalized spacial score (nSPS) is 25.6. The summed E-state index contributed by atoms with van der Waals surface area (Å²) in [6.07, 6.45) is 0. The Morgan fingerprint density at radius 2 is 1.72 bits per heavy atom. The Balaban J connectivity index is 2.10. The van der Waals surface area contributed by atoms with Crippen molar-refractivity contribution in [1.29, 1.82) is 0 Å². The molecule has 2 aromatic carbocycles. The maximum absolute atomic E-state index is 13.2. The largest absolute Gasteiger partial charge is 0.481 e. The highest BCUT2D eigenvalue weighted by Gasteiger charge is 2.75. The zero-order valence-corrected chi connectivity index (χ0v) is 14.3. The van der Waals surface area contributed by atoms with Crippen molar-refractivity contribution in [3.8, 4) is 0 Å². The molecular weight excluding hydrogens is 345 g/mol. The molecule has 3 N–H and O–H groups in total. The third-order valence-electron chi connectivity index (χ3n) is 4.91. The van der Waals surface area contributed by atoms with Crippen molar-refractivity contribution in [1.82, 2.24) is 0 Å². The molecular formula is C18H18FNO4S. The predicted molar refractivity (Wildman–Crippen MR) is 90.4 cm³/mol. The number of carbonyl (C=O) groups is 1. The number of carboxylic acid groups (broad SMARTS) is 1. The Morgan fingerprint density at radius 3 is 2.20 bits per heavy atom. The van der Waals surface area contributed by atoms with Gasteiger partial charge in [-0.25, -0.2) is 12.8 Å². The molecule has 0 radical (unpaired) electrons. The molecule has 0 saturated heterocycles. The van der Waals surface area contributed by atoms with E-state index in [0.29, 0.717) is 5.56 Å². The van der Waals surface area contributed by atoms with Gasteiger partial charge in [-0.1, -0.05) is 29.8 Å². The van der Waals surface area contributed by atoms with Gasteiger partial charge in [0.25, 0.3) is 0 Å². The number of nitrogens with two attached hydrogens (primary N) is 1. The third kappa shape index (κ3) is 2.63. The molecule has 132 valence electrons. The molecule has 1 saturated carbocycles. The van der Waals surface area contributed by atoms with Gasteiger partial charge < -0.3 is 10.8 Å². The van der Waals surface area contributed by atoms with E-state index in [9.17, 15) is 22.7 Å². The Kier molecular flexibility index (Phi) is 4.17. The molecule has 3 atom stereocenters. The summed E-state index contributed by atoms with van der Waals surface area (Å²) in [5, 5.41) is 8.51. The molecule has 7 heteroatoms. The van der Waals surface area contributed by atoms with Gasteiger partial charge in [0.1, 0.15) is 11.2 Å². The molecule has 0 spiro atoms. The molecule has 0 aliphatic heterocycles. The highest BCUT2D eigenvalue weighted by molar-refractivity contribution is 7.92. The molecule has 1 fully saturated rings. The van der Waals surface area contributed by atoms with Crippen LogP contribution in [0.5, 0.6) is 0 Å². The van der Waals surface area contributed by atoms with Crippen LogP contribution < -0.4 is 5.73 Å². The lowest BCUT2D eigenvalue weighted by atomic mass is 9.99. The topological polar surface area (TPSA) is 97.5 Å². The van der Waals surface area contributed by atoms with Crippen LogP contribution in [0.3, 0.4) is 0 Å². The van der Waals surface area contributed by atoms with Gasteiger partial charge in [-0.05, 0) is 36.8 Å². The first-order valence-electron chi connectivity index (χ1n) is 7.74. The van der Waals surface area contributed by atoms with Crippen molar-refractivity contribution in [3.63, 3.8) is 0 Å². The van der Waals surface area contributed by atoms with Gasteiger partial charge in [0.15, 0.2) is 9.84 Å². The second kappa shape index (κ2) is 5.93. The van der Waals surface area contributed by atoms with Crippen molar-refractivity contribution < 1.29 is 22.7 Å². The van der Waals surface area contributed by atoms with E-state index in [1.807, 2.05) is 6.92 Å². The molecule has 0 heterocycles. The predicted octanol–water partition coefficient (Wildman–Crippen LogP) is 2.10. The number of hydrogen-bond acceptors (Lipinski definition) is 4. The Morgan fingerprint density at radius 1 is 1.16 bits per heavy atom. The summed E-state index contributed by atoms with van der Waals surface area (Å²) >= 11 is 0. The fourth-order valence-corrected chi connectivity index (χ4v) is 5.85. The maximum Gasteiger partial charge on any atom is 0.312 e. The molecule has 2 aromatic rings. The Labute approximate surface area is 145 Å². The van der Waals surface area contributed by atoms with E-state index in [-0.39, 0.29) is 11.4 Å². The van der Waals surface area contributed by atoms with Gasteiger partial charge in [0.2, 0.25) is 0 Å². The molecule has 0 bridgehead atoms. The number of carboxylic acids is 1. The van der Waals surface area contributed by atoms with E-state index >= 15 is 0 Å².